The van der Waals surface area contributed by atoms with Crippen molar-refractivity contribution in [1.82, 2.24) is 0 Å². The summed E-state index contributed by atoms with van der Waals surface area (Å²) in [6.45, 7) is -0.513. The first kappa shape index (κ1) is 19.4. The lowest BCUT2D eigenvalue weighted by Gasteiger charge is -2.22. The SMILES string of the molecule is COC(=O)c1cccc(N(CC(=O)Nc2ccc(F)cc2)S(C)(=O)=O)c1. The van der Waals surface area contributed by atoms with Gasteiger partial charge in [-0.2, -0.15) is 0 Å². The molecule has 0 radical (unpaired) electrons. The molecular formula is C17H17FN2O5S. The van der Waals surface area contributed by atoms with Crippen molar-refractivity contribution in [1.29, 1.82) is 0 Å². The Kier molecular flexibility index (Phi) is 5.93. The van der Waals surface area contributed by atoms with Crippen molar-refractivity contribution in [3.63, 3.8) is 0 Å². The minimum Gasteiger partial charge on any atom is -0.465 e. The molecule has 138 valence electrons. The van der Waals surface area contributed by atoms with Gasteiger partial charge in [-0.05, 0) is 42.5 Å². The molecule has 2 aromatic rings. The van der Waals surface area contributed by atoms with E-state index in [1.165, 1.54) is 55.6 Å². The maximum atomic E-state index is 12.9. The third kappa shape index (κ3) is 5.03. The zero-order chi connectivity index (χ0) is 19.3. The van der Waals surface area contributed by atoms with E-state index in [2.05, 4.69) is 10.1 Å². The average Bonchev–Trinajstić information content (AvgIpc) is 2.60. The molecule has 1 N–H and O–H groups in total. The number of esters is 1. The van der Waals surface area contributed by atoms with Crippen molar-refractivity contribution in [3.8, 4) is 0 Å². The first-order valence-electron chi connectivity index (χ1n) is 7.42. The van der Waals surface area contributed by atoms with Crippen LogP contribution in [-0.4, -0.2) is 40.2 Å². The highest BCUT2D eigenvalue weighted by Crippen LogP contribution is 2.20. The highest BCUT2D eigenvalue weighted by molar-refractivity contribution is 7.92. The molecule has 0 spiro atoms. The third-order valence-electron chi connectivity index (χ3n) is 3.37. The number of hydrogen-bond donors (Lipinski definition) is 1. The molecule has 0 aliphatic heterocycles. The Morgan fingerprint density at radius 2 is 1.81 bits per heavy atom. The smallest absolute Gasteiger partial charge is 0.337 e. The number of methoxy groups -OCH3 is 1. The number of halogens is 1. The van der Waals surface area contributed by atoms with Crippen LogP contribution in [0.1, 0.15) is 10.4 Å². The van der Waals surface area contributed by atoms with E-state index in [0.717, 1.165) is 10.6 Å². The number of nitrogens with zero attached hydrogens (tertiary/aromatic N) is 1. The molecule has 0 fully saturated rings. The first-order chi connectivity index (χ1) is 12.2. The van der Waals surface area contributed by atoms with Gasteiger partial charge in [-0.3, -0.25) is 9.10 Å². The Bertz CT molecular complexity index is 913. The van der Waals surface area contributed by atoms with Crippen molar-refractivity contribution in [3.05, 3.63) is 59.9 Å². The van der Waals surface area contributed by atoms with E-state index in [-0.39, 0.29) is 11.3 Å². The van der Waals surface area contributed by atoms with Crippen LogP contribution in [0, 0.1) is 5.82 Å². The highest BCUT2D eigenvalue weighted by atomic mass is 32.2. The molecule has 0 atom stereocenters. The minimum atomic E-state index is -3.80. The number of carbonyl (C=O) groups is 2. The predicted octanol–water partition coefficient (Wildman–Crippen LogP) is 2.02. The Labute approximate surface area is 150 Å². The molecular weight excluding hydrogens is 363 g/mol. The molecule has 0 saturated carbocycles. The van der Waals surface area contributed by atoms with Crippen LogP contribution in [0.5, 0.6) is 0 Å². The van der Waals surface area contributed by atoms with Crippen LogP contribution in [0.2, 0.25) is 0 Å². The van der Waals surface area contributed by atoms with Crippen LogP contribution in [-0.2, 0) is 19.6 Å². The van der Waals surface area contributed by atoms with Gasteiger partial charge in [0, 0.05) is 5.69 Å². The van der Waals surface area contributed by atoms with Gasteiger partial charge in [-0.25, -0.2) is 17.6 Å². The number of hydrogen-bond acceptors (Lipinski definition) is 5. The highest BCUT2D eigenvalue weighted by Gasteiger charge is 2.22. The molecule has 1 amide bonds. The van der Waals surface area contributed by atoms with E-state index in [1.807, 2.05) is 0 Å². The van der Waals surface area contributed by atoms with Crippen molar-refractivity contribution < 1.29 is 27.1 Å². The summed E-state index contributed by atoms with van der Waals surface area (Å²) in [4.78, 5) is 23.8. The van der Waals surface area contributed by atoms with Crippen molar-refractivity contribution >= 4 is 33.3 Å². The number of carbonyl (C=O) groups excluding carboxylic acids is 2. The molecule has 0 aliphatic carbocycles. The lowest BCUT2D eigenvalue weighted by Crippen LogP contribution is -2.37. The fraction of sp³-hybridized carbons (Fsp3) is 0.176. The van der Waals surface area contributed by atoms with E-state index < -0.39 is 34.3 Å². The zero-order valence-electron chi connectivity index (χ0n) is 14.1. The number of rotatable bonds is 6. The van der Waals surface area contributed by atoms with Crippen LogP contribution in [0.4, 0.5) is 15.8 Å². The second kappa shape index (κ2) is 7.96. The van der Waals surface area contributed by atoms with Gasteiger partial charge in [0.05, 0.1) is 24.6 Å². The normalized spacial score (nSPS) is 10.9. The standard InChI is InChI=1S/C17H17FN2O5S/c1-25-17(22)12-4-3-5-15(10-12)20(26(2,23)24)11-16(21)19-14-8-6-13(18)7-9-14/h3-10H,11H2,1-2H3,(H,19,21). The Morgan fingerprint density at radius 3 is 2.38 bits per heavy atom. The van der Waals surface area contributed by atoms with Gasteiger partial charge in [0.25, 0.3) is 0 Å². The predicted molar refractivity (Wildman–Crippen MR) is 95.0 cm³/mol. The Hall–Kier alpha value is -2.94. The summed E-state index contributed by atoms with van der Waals surface area (Å²) >= 11 is 0. The largest absolute Gasteiger partial charge is 0.465 e. The van der Waals surface area contributed by atoms with Gasteiger partial charge in [0.2, 0.25) is 15.9 Å². The summed E-state index contributed by atoms with van der Waals surface area (Å²) in [7, 11) is -2.59. The molecule has 0 aromatic heterocycles. The van der Waals surface area contributed by atoms with E-state index >= 15 is 0 Å². The van der Waals surface area contributed by atoms with E-state index in [0.29, 0.717) is 5.69 Å². The number of ether oxygens (including phenoxy) is 1. The number of amides is 1. The zero-order valence-corrected chi connectivity index (χ0v) is 14.9. The minimum absolute atomic E-state index is 0.143. The first-order valence-corrected chi connectivity index (χ1v) is 9.27. The number of nitrogens with one attached hydrogen (secondary N) is 1. The van der Waals surface area contributed by atoms with Crippen LogP contribution in [0.3, 0.4) is 0 Å². The summed E-state index contributed by atoms with van der Waals surface area (Å²) in [5.41, 5.74) is 0.621. The van der Waals surface area contributed by atoms with Crippen molar-refractivity contribution in [2.75, 3.05) is 29.5 Å². The van der Waals surface area contributed by atoms with Gasteiger partial charge in [0.1, 0.15) is 12.4 Å². The molecule has 0 bridgehead atoms. The Balaban J connectivity index is 2.24. The number of sulfonamides is 1. The molecule has 9 heteroatoms. The fourth-order valence-electron chi connectivity index (χ4n) is 2.17. The lowest BCUT2D eigenvalue weighted by molar-refractivity contribution is -0.114. The monoisotopic (exact) mass is 380 g/mol. The van der Waals surface area contributed by atoms with E-state index in [4.69, 9.17) is 0 Å². The Morgan fingerprint density at radius 1 is 1.15 bits per heavy atom. The fourth-order valence-corrected chi connectivity index (χ4v) is 3.02. The van der Waals surface area contributed by atoms with Crippen LogP contribution < -0.4 is 9.62 Å². The van der Waals surface area contributed by atoms with E-state index in [1.54, 1.807) is 0 Å². The van der Waals surface area contributed by atoms with Crippen LogP contribution >= 0.6 is 0 Å². The summed E-state index contributed by atoms with van der Waals surface area (Å²) in [5.74, 6) is -1.71. The number of anilines is 2. The van der Waals surface area contributed by atoms with Crippen molar-refractivity contribution in [2.45, 2.75) is 0 Å². The van der Waals surface area contributed by atoms with Gasteiger partial charge in [-0.1, -0.05) is 6.07 Å². The molecule has 0 heterocycles. The van der Waals surface area contributed by atoms with Crippen molar-refractivity contribution in [2.24, 2.45) is 0 Å². The second-order valence-corrected chi connectivity index (χ2v) is 7.27. The average molecular weight is 380 g/mol. The summed E-state index contributed by atoms with van der Waals surface area (Å²) < 4.78 is 42.6. The molecule has 7 nitrogen and oxygen atoms in total. The van der Waals surface area contributed by atoms with Gasteiger partial charge >= 0.3 is 5.97 Å². The summed E-state index contributed by atoms with van der Waals surface area (Å²) in [5, 5.41) is 2.49. The third-order valence-corrected chi connectivity index (χ3v) is 4.51. The van der Waals surface area contributed by atoms with Gasteiger partial charge < -0.3 is 10.1 Å². The van der Waals surface area contributed by atoms with Gasteiger partial charge in [0.15, 0.2) is 0 Å². The van der Waals surface area contributed by atoms with Crippen LogP contribution in [0.15, 0.2) is 48.5 Å². The van der Waals surface area contributed by atoms with Gasteiger partial charge in [-0.15, -0.1) is 0 Å². The molecule has 2 rings (SSSR count). The topological polar surface area (TPSA) is 92.8 Å². The summed E-state index contributed by atoms with van der Waals surface area (Å²) in [6, 6.07) is 10.8. The van der Waals surface area contributed by atoms with E-state index in [9.17, 15) is 22.4 Å². The lowest BCUT2D eigenvalue weighted by atomic mass is 10.2. The summed E-state index contributed by atoms with van der Waals surface area (Å²) in [6.07, 6.45) is 0.947. The maximum Gasteiger partial charge on any atom is 0.337 e. The molecule has 0 unspecified atom stereocenters. The second-order valence-electron chi connectivity index (χ2n) is 5.37. The molecule has 0 saturated heterocycles. The number of benzene rings is 2. The maximum absolute atomic E-state index is 12.9. The quantitative estimate of drug-likeness (QED) is 0.774. The molecule has 2 aromatic carbocycles. The molecule has 0 aliphatic rings. The van der Waals surface area contributed by atoms with Crippen LogP contribution in [0.25, 0.3) is 0 Å². The molecule has 26 heavy (non-hydrogen) atoms.